The predicted molar refractivity (Wildman–Crippen MR) is 67.4 cm³/mol. The van der Waals surface area contributed by atoms with Crippen LogP contribution < -0.4 is 5.73 Å². The van der Waals surface area contributed by atoms with Crippen molar-refractivity contribution < 1.29 is 0 Å². The standard InChI is InChI=1S/C12H14ClN3/c1-2-7-16-12(14)8-11(15-16)9-3-5-10(13)6-4-9/h3-6,8H,2,7,14H2,1H3. The molecular formula is C12H14ClN3. The largest absolute Gasteiger partial charge is 0.384 e. The molecule has 0 fully saturated rings. The highest BCUT2D eigenvalue weighted by atomic mass is 35.5. The van der Waals surface area contributed by atoms with E-state index in [2.05, 4.69) is 12.0 Å². The molecule has 0 saturated heterocycles. The number of nitrogens with two attached hydrogens (primary N) is 1. The molecule has 1 aromatic heterocycles. The Hall–Kier alpha value is -1.48. The van der Waals surface area contributed by atoms with E-state index in [1.165, 1.54) is 0 Å². The van der Waals surface area contributed by atoms with Gasteiger partial charge in [-0.2, -0.15) is 5.10 Å². The lowest BCUT2D eigenvalue weighted by atomic mass is 10.1. The van der Waals surface area contributed by atoms with Gasteiger partial charge in [0.05, 0.1) is 5.69 Å². The van der Waals surface area contributed by atoms with Crippen molar-refractivity contribution in [2.45, 2.75) is 19.9 Å². The van der Waals surface area contributed by atoms with Crippen molar-refractivity contribution >= 4 is 17.4 Å². The summed E-state index contributed by atoms with van der Waals surface area (Å²) in [5.41, 5.74) is 7.79. The molecule has 0 aliphatic carbocycles. The molecule has 1 heterocycles. The zero-order valence-corrected chi connectivity index (χ0v) is 9.91. The quantitative estimate of drug-likeness (QED) is 0.888. The minimum atomic E-state index is 0.701. The second-order valence-electron chi connectivity index (χ2n) is 3.68. The summed E-state index contributed by atoms with van der Waals surface area (Å²) in [4.78, 5) is 0. The number of halogens is 1. The van der Waals surface area contributed by atoms with Gasteiger partial charge < -0.3 is 5.73 Å². The molecule has 0 saturated carbocycles. The number of hydrogen-bond donors (Lipinski definition) is 1. The molecular weight excluding hydrogens is 222 g/mol. The van der Waals surface area contributed by atoms with Gasteiger partial charge in [-0.1, -0.05) is 30.7 Å². The van der Waals surface area contributed by atoms with Gasteiger partial charge in [-0.25, -0.2) is 4.68 Å². The maximum absolute atomic E-state index is 5.87. The molecule has 0 aliphatic heterocycles. The van der Waals surface area contributed by atoms with E-state index in [1.54, 1.807) is 0 Å². The molecule has 2 rings (SSSR count). The molecule has 2 aromatic rings. The zero-order chi connectivity index (χ0) is 11.5. The van der Waals surface area contributed by atoms with Gasteiger partial charge >= 0.3 is 0 Å². The molecule has 4 heteroatoms. The average Bonchev–Trinajstić information content (AvgIpc) is 2.62. The Morgan fingerprint density at radius 3 is 2.62 bits per heavy atom. The molecule has 0 radical (unpaired) electrons. The van der Waals surface area contributed by atoms with Crippen LogP contribution in [0.1, 0.15) is 13.3 Å². The number of benzene rings is 1. The molecule has 0 unspecified atom stereocenters. The lowest BCUT2D eigenvalue weighted by Crippen LogP contribution is -2.03. The van der Waals surface area contributed by atoms with E-state index in [1.807, 2.05) is 35.0 Å². The fourth-order valence-electron chi connectivity index (χ4n) is 1.58. The minimum Gasteiger partial charge on any atom is -0.384 e. The highest BCUT2D eigenvalue weighted by molar-refractivity contribution is 6.30. The Balaban J connectivity index is 2.33. The van der Waals surface area contributed by atoms with Crippen molar-refractivity contribution in [2.75, 3.05) is 5.73 Å². The third-order valence-electron chi connectivity index (χ3n) is 2.39. The summed E-state index contributed by atoms with van der Waals surface area (Å²) in [6.45, 7) is 2.95. The lowest BCUT2D eigenvalue weighted by molar-refractivity contribution is 0.613. The first-order valence-electron chi connectivity index (χ1n) is 5.30. The number of hydrogen-bond acceptors (Lipinski definition) is 2. The fraction of sp³-hybridized carbons (Fsp3) is 0.250. The number of aryl methyl sites for hydroxylation is 1. The van der Waals surface area contributed by atoms with E-state index in [4.69, 9.17) is 17.3 Å². The summed E-state index contributed by atoms with van der Waals surface area (Å²) < 4.78 is 1.82. The van der Waals surface area contributed by atoms with Gasteiger partial charge in [0.1, 0.15) is 5.82 Å². The van der Waals surface area contributed by atoms with Crippen LogP contribution >= 0.6 is 11.6 Å². The maximum Gasteiger partial charge on any atom is 0.122 e. The highest BCUT2D eigenvalue weighted by Gasteiger charge is 2.06. The number of anilines is 1. The van der Waals surface area contributed by atoms with Gasteiger partial charge in [0, 0.05) is 23.2 Å². The number of aromatic nitrogens is 2. The minimum absolute atomic E-state index is 0.701. The molecule has 0 amide bonds. The van der Waals surface area contributed by atoms with E-state index >= 15 is 0 Å². The fourth-order valence-corrected chi connectivity index (χ4v) is 1.71. The van der Waals surface area contributed by atoms with Crippen LogP contribution in [0.5, 0.6) is 0 Å². The first-order chi connectivity index (χ1) is 7.70. The lowest BCUT2D eigenvalue weighted by Gasteiger charge is -1.99. The van der Waals surface area contributed by atoms with E-state index in [0.717, 1.165) is 29.2 Å². The van der Waals surface area contributed by atoms with E-state index in [9.17, 15) is 0 Å². The topological polar surface area (TPSA) is 43.8 Å². The van der Waals surface area contributed by atoms with E-state index < -0.39 is 0 Å². The summed E-state index contributed by atoms with van der Waals surface area (Å²) in [6.07, 6.45) is 1.02. The van der Waals surface area contributed by atoms with Crippen molar-refractivity contribution in [1.29, 1.82) is 0 Å². The first-order valence-corrected chi connectivity index (χ1v) is 5.67. The van der Waals surface area contributed by atoms with Crippen LogP contribution in [-0.4, -0.2) is 9.78 Å². The van der Waals surface area contributed by atoms with Gasteiger partial charge in [0.25, 0.3) is 0 Å². The van der Waals surface area contributed by atoms with Crippen molar-refractivity contribution in [3.8, 4) is 11.3 Å². The number of nitrogen functional groups attached to an aromatic ring is 1. The molecule has 84 valence electrons. The van der Waals surface area contributed by atoms with E-state index in [-0.39, 0.29) is 0 Å². The summed E-state index contributed by atoms with van der Waals surface area (Å²) in [6, 6.07) is 9.48. The normalized spacial score (nSPS) is 10.6. The van der Waals surface area contributed by atoms with Crippen LogP contribution in [0.3, 0.4) is 0 Å². The Morgan fingerprint density at radius 1 is 1.31 bits per heavy atom. The molecule has 0 atom stereocenters. The van der Waals surface area contributed by atoms with Crippen molar-refractivity contribution in [1.82, 2.24) is 9.78 Å². The third kappa shape index (κ3) is 2.19. The highest BCUT2D eigenvalue weighted by Crippen LogP contribution is 2.22. The van der Waals surface area contributed by atoms with Crippen molar-refractivity contribution in [3.05, 3.63) is 35.4 Å². The van der Waals surface area contributed by atoms with Crippen LogP contribution in [0.25, 0.3) is 11.3 Å². The first kappa shape index (κ1) is 11.0. The number of nitrogens with zero attached hydrogens (tertiary/aromatic N) is 2. The molecule has 0 aliphatic rings. The third-order valence-corrected chi connectivity index (χ3v) is 2.64. The average molecular weight is 236 g/mol. The summed E-state index contributed by atoms with van der Waals surface area (Å²) in [5.74, 6) is 0.701. The van der Waals surface area contributed by atoms with Crippen LogP contribution in [-0.2, 0) is 6.54 Å². The Kier molecular flexibility index (Phi) is 3.15. The molecule has 0 bridgehead atoms. The molecule has 0 spiro atoms. The zero-order valence-electron chi connectivity index (χ0n) is 9.15. The summed E-state index contributed by atoms with van der Waals surface area (Å²) in [5, 5.41) is 5.17. The Labute approximate surface area is 99.8 Å². The van der Waals surface area contributed by atoms with Crippen LogP contribution in [0.2, 0.25) is 5.02 Å². The van der Waals surface area contributed by atoms with Gasteiger partial charge in [-0.15, -0.1) is 0 Å². The second-order valence-corrected chi connectivity index (χ2v) is 4.12. The second kappa shape index (κ2) is 4.58. The van der Waals surface area contributed by atoms with Gasteiger partial charge in [-0.3, -0.25) is 0 Å². The maximum atomic E-state index is 5.87. The summed E-state index contributed by atoms with van der Waals surface area (Å²) >= 11 is 5.84. The molecule has 16 heavy (non-hydrogen) atoms. The molecule has 3 nitrogen and oxygen atoms in total. The van der Waals surface area contributed by atoms with E-state index in [0.29, 0.717) is 5.82 Å². The van der Waals surface area contributed by atoms with Gasteiger partial charge in [0.2, 0.25) is 0 Å². The summed E-state index contributed by atoms with van der Waals surface area (Å²) in [7, 11) is 0. The van der Waals surface area contributed by atoms with Crippen LogP contribution in [0.15, 0.2) is 30.3 Å². The van der Waals surface area contributed by atoms with Crippen molar-refractivity contribution in [2.24, 2.45) is 0 Å². The predicted octanol–water partition coefficient (Wildman–Crippen LogP) is 3.20. The Morgan fingerprint density at radius 2 is 2.00 bits per heavy atom. The van der Waals surface area contributed by atoms with Crippen LogP contribution in [0.4, 0.5) is 5.82 Å². The van der Waals surface area contributed by atoms with Gasteiger partial charge in [-0.05, 0) is 18.6 Å². The number of rotatable bonds is 3. The van der Waals surface area contributed by atoms with Crippen molar-refractivity contribution in [3.63, 3.8) is 0 Å². The Bertz CT molecular complexity index is 474. The van der Waals surface area contributed by atoms with Crippen LogP contribution in [0, 0.1) is 0 Å². The SMILES string of the molecule is CCCn1nc(-c2ccc(Cl)cc2)cc1N. The molecule has 1 aromatic carbocycles. The molecule has 2 N–H and O–H groups in total. The van der Waals surface area contributed by atoms with Gasteiger partial charge in [0.15, 0.2) is 0 Å². The monoisotopic (exact) mass is 235 g/mol. The smallest absolute Gasteiger partial charge is 0.122 e.